The number of carbonyl (C=O) groups is 1. The summed E-state index contributed by atoms with van der Waals surface area (Å²) in [6, 6.07) is 8.11. The molecule has 0 spiro atoms. The van der Waals surface area contributed by atoms with Crippen molar-refractivity contribution in [2.75, 3.05) is 44.8 Å². The molecule has 1 aromatic heterocycles. The van der Waals surface area contributed by atoms with E-state index in [0.717, 1.165) is 0 Å². The lowest BCUT2D eigenvalue weighted by molar-refractivity contribution is -0.143. The number of hydrogen-bond donors (Lipinski definition) is 0. The maximum absolute atomic E-state index is 12.7. The molecular formula is C18H22N4O5S. The van der Waals surface area contributed by atoms with Crippen LogP contribution >= 0.6 is 0 Å². The van der Waals surface area contributed by atoms with Gasteiger partial charge in [0.2, 0.25) is 16.0 Å². The van der Waals surface area contributed by atoms with Gasteiger partial charge < -0.3 is 14.4 Å². The van der Waals surface area contributed by atoms with E-state index in [9.17, 15) is 13.2 Å². The minimum absolute atomic E-state index is 0.0181. The highest BCUT2D eigenvalue weighted by molar-refractivity contribution is 7.89. The maximum Gasteiger partial charge on any atom is 0.325 e. The molecule has 0 aliphatic carbocycles. The molecule has 1 aliphatic heterocycles. The van der Waals surface area contributed by atoms with Crippen LogP contribution in [0.5, 0.6) is 0 Å². The predicted octanol–water partition coefficient (Wildman–Crippen LogP) is 0.677. The zero-order valence-electron chi connectivity index (χ0n) is 15.5. The van der Waals surface area contributed by atoms with Gasteiger partial charge in [0.05, 0.1) is 18.1 Å². The predicted molar refractivity (Wildman–Crippen MR) is 101 cm³/mol. The summed E-state index contributed by atoms with van der Waals surface area (Å²) < 4.78 is 37.3. The first-order valence-electron chi connectivity index (χ1n) is 8.77. The lowest BCUT2D eigenvalue weighted by Crippen LogP contribution is -2.40. The van der Waals surface area contributed by atoms with Crippen LogP contribution < -0.4 is 4.90 Å². The average Bonchev–Trinajstić information content (AvgIpc) is 2.74. The molecule has 1 fully saturated rings. The fourth-order valence-electron chi connectivity index (χ4n) is 2.69. The van der Waals surface area contributed by atoms with E-state index in [0.29, 0.717) is 37.8 Å². The molecule has 1 saturated heterocycles. The van der Waals surface area contributed by atoms with Gasteiger partial charge in [-0.2, -0.15) is 4.31 Å². The van der Waals surface area contributed by atoms with Crippen molar-refractivity contribution in [2.45, 2.75) is 11.5 Å². The summed E-state index contributed by atoms with van der Waals surface area (Å²) in [4.78, 5) is 21.9. The molecule has 0 saturated carbocycles. The van der Waals surface area contributed by atoms with Gasteiger partial charge in [-0.1, -0.05) is 12.1 Å². The summed E-state index contributed by atoms with van der Waals surface area (Å²) in [5, 5.41) is 0. The number of hydrogen-bond acceptors (Lipinski definition) is 8. The van der Waals surface area contributed by atoms with Crippen LogP contribution in [0.4, 0.5) is 5.95 Å². The Kier molecular flexibility index (Phi) is 6.55. The number of benzene rings is 1. The molecular weight excluding hydrogens is 384 g/mol. The van der Waals surface area contributed by atoms with Crippen molar-refractivity contribution in [1.29, 1.82) is 0 Å². The molecule has 0 unspecified atom stereocenters. The van der Waals surface area contributed by atoms with Gasteiger partial charge >= 0.3 is 5.97 Å². The summed E-state index contributed by atoms with van der Waals surface area (Å²) in [5.74, 6) is -0.0468. The Morgan fingerprint density at radius 3 is 2.64 bits per heavy atom. The second kappa shape index (κ2) is 9.09. The molecule has 28 heavy (non-hydrogen) atoms. The minimum Gasteiger partial charge on any atom is -0.459 e. The van der Waals surface area contributed by atoms with Crippen LogP contribution in [0.1, 0.15) is 5.56 Å². The number of morpholine rings is 1. The zero-order valence-corrected chi connectivity index (χ0v) is 16.3. The van der Waals surface area contributed by atoms with Crippen molar-refractivity contribution in [1.82, 2.24) is 14.3 Å². The highest BCUT2D eigenvalue weighted by Gasteiger charge is 2.26. The van der Waals surface area contributed by atoms with E-state index >= 15 is 0 Å². The average molecular weight is 406 g/mol. The van der Waals surface area contributed by atoms with E-state index < -0.39 is 16.0 Å². The second-order valence-corrected chi connectivity index (χ2v) is 8.17. The van der Waals surface area contributed by atoms with E-state index in [1.807, 2.05) is 0 Å². The monoisotopic (exact) mass is 406 g/mol. The van der Waals surface area contributed by atoms with Crippen LogP contribution in [0.25, 0.3) is 0 Å². The lowest BCUT2D eigenvalue weighted by Gasteiger charge is -2.26. The van der Waals surface area contributed by atoms with E-state index in [1.54, 1.807) is 42.5 Å². The highest BCUT2D eigenvalue weighted by Crippen LogP contribution is 2.18. The normalized spacial score (nSPS) is 15.2. The molecule has 0 atom stereocenters. The molecule has 1 aliphatic rings. The first-order valence-corrected chi connectivity index (χ1v) is 10.2. The number of carbonyl (C=O) groups excluding carboxylic acids is 1. The van der Waals surface area contributed by atoms with Crippen molar-refractivity contribution < 1.29 is 22.7 Å². The smallest absolute Gasteiger partial charge is 0.325 e. The van der Waals surface area contributed by atoms with Crippen LogP contribution in [-0.2, 0) is 30.9 Å². The number of likely N-dealkylation sites (N-methyl/N-ethyl adjacent to an activating group) is 1. The quantitative estimate of drug-likeness (QED) is 0.619. The first kappa shape index (κ1) is 20.2. The summed E-state index contributed by atoms with van der Waals surface area (Å²) in [7, 11) is -1.90. The van der Waals surface area contributed by atoms with Crippen LogP contribution in [0.2, 0.25) is 0 Å². The zero-order chi connectivity index (χ0) is 20.0. The molecule has 0 bridgehead atoms. The third-order valence-corrected chi connectivity index (χ3v) is 6.06. The van der Waals surface area contributed by atoms with Gasteiger partial charge in [-0.3, -0.25) is 4.79 Å². The van der Waals surface area contributed by atoms with Gasteiger partial charge in [0.25, 0.3) is 0 Å². The Morgan fingerprint density at radius 1 is 1.21 bits per heavy atom. The first-order chi connectivity index (χ1) is 13.5. The lowest BCUT2D eigenvalue weighted by atomic mass is 10.2. The minimum atomic E-state index is -3.59. The standard InChI is InChI=1S/C18H22N4O5S/c1-21(18-19-6-3-7-20-18)13-17(23)27-14-15-4-2-5-16(12-15)28(24,25)22-8-10-26-11-9-22/h2-7,12H,8-11,13-14H2,1H3. The van der Waals surface area contributed by atoms with Gasteiger partial charge in [-0.25, -0.2) is 18.4 Å². The van der Waals surface area contributed by atoms with Gasteiger partial charge in [0.15, 0.2) is 0 Å². The fourth-order valence-corrected chi connectivity index (χ4v) is 4.17. The largest absolute Gasteiger partial charge is 0.459 e. The maximum atomic E-state index is 12.7. The molecule has 0 radical (unpaired) electrons. The molecule has 3 rings (SSSR count). The van der Waals surface area contributed by atoms with Crippen molar-refractivity contribution >= 4 is 21.9 Å². The van der Waals surface area contributed by atoms with E-state index in [1.165, 1.54) is 16.4 Å². The second-order valence-electron chi connectivity index (χ2n) is 6.23. The van der Waals surface area contributed by atoms with Crippen LogP contribution in [-0.4, -0.2) is 68.6 Å². The Morgan fingerprint density at radius 2 is 1.93 bits per heavy atom. The number of ether oxygens (including phenoxy) is 2. The van der Waals surface area contributed by atoms with Gasteiger partial charge in [-0.05, 0) is 23.8 Å². The summed E-state index contributed by atoms with van der Waals surface area (Å²) in [6.45, 7) is 1.39. The van der Waals surface area contributed by atoms with Crippen LogP contribution in [0.15, 0.2) is 47.6 Å². The van der Waals surface area contributed by atoms with Gasteiger partial charge in [-0.15, -0.1) is 0 Å². The van der Waals surface area contributed by atoms with E-state index in [-0.39, 0.29) is 18.0 Å². The fraction of sp³-hybridized carbons (Fsp3) is 0.389. The molecule has 2 heterocycles. The van der Waals surface area contributed by atoms with Crippen molar-refractivity contribution in [2.24, 2.45) is 0 Å². The Bertz CT molecular complexity index is 901. The third-order valence-electron chi connectivity index (χ3n) is 4.17. The molecule has 0 amide bonds. The Balaban J connectivity index is 1.59. The molecule has 9 nitrogen and oxygen atoms in total. The number of rotatable bonds is 7. The SMILES string of the molecule is CN(CC(=O)OCc1cccc(S(=O)(=O)N2CCOCC2)c1)c1ncccn1. The van der Waals surface area contributed by atoms with Gasteiger partial charge in [0, 0.05) is 32.5 Å². The Labute approximate surface area is 164 Å². The number of aromatic nitrogens is 2. The highest BCUT2D eigenvalue weighted by atomic mass is 32.2. The summed E-state index contributed by atoms with van der Waals surface area (Å²) >= 11 is 0. The number of esters is 1. The summed E-state index contributed by atoms with van der Waals surface area (Å²) in [5.41, 5.74) is 0.598. The topological polar surface area (TPSA) is 102 Å². The number of sulfonamides is 1. The van der Waals surface area contributed by atoms with Crippen LogP contribution in [0.3, 0.4) is 0 Å². The van der Waals surface area contributed by atoms with Crippen molar-refractivity contribution in [3.63, 3.8) is 0 Å². The molecule has 0 N–H and O–H groups in total. The third kappa shape index (κ3) is 5.03. The molecule has 1 aromatic carbocycles. The molecule has 150 valence electrons. The van der Waals surface area contributed by atoms with Crippen molar-refractivity contribution in [3.05, 3.63) is 48.3 Å². The van der Waals surface area contributed by atoms with Crippen LogP contribution in [0, 0.1) is 0 Å². The summed E-state index contributed by atoms with van der Waals surface area (Å²) in [6.07, 6.45) is 3.18. The number of anilines is 1. The molecule has 10 heteroatoms. The van der Waals surface area contributed by atoms with Gasteiger partial charge in [0.1, 0.15) is 13.2 Å². The molecule has 2 aromatic rings. The van der Waals surface area contributed by atoms with E-state index in [2.05, 4.69) is 9.97 Å². The van der Waals surface area contributed by atoms with E-state index in [4.69, 9.17) is 9.47 Å². The Hall–Kier alpha value is -2.56. The number of nitrogens with zero attached hydrogens (tertiary/aromatic N) is 4. The van der Waals surface area contributed by atoms with Crippen molar-refractivity contribution in [3.8, 4) is 0 Å².